The summed E-state index contributed by atoms with van der Waals surface area (Å²) < 4.78 is 0. The molecule has 0 bridgehead atoms. The maximum atomic E-state index is 4.48. The second kappa shape index (κ2) is 4.89. The van der Waals surface area contributed by atoms with Crippen molar-refractivity contribution in [3.63, 3.8) is 0 Å². The summed E-state index contributed by atoms with van der Waals surface area (Å²) in [5, 5.41) is 0. The van der Waals surface area contributed by atoms with Gasteiger partial charge in [0.1, 0.15) is 0 Å². The van der Waals surface area contributed by atoms with E-state index in [4.69, 9.17) is 0 Å². The summed E-state index contributed by atoms with van der Waals surface area (Å²) in [6, 6.07) is 0. The Hall–Kier alpha value is -0.690. The molecule has 1 aliphatic carbocycles. The van der Waals surface area contributed by atoms with Gasteiger partial charge in [-0.3, -0.25) is 0 Å². The first kappa shape index (κ1) is 14.4. The zero-order chi connectivity index (χ0) is 13.3. The van der Waals surface area contributed by atoms with Gasteiger partial charge in [-0.1, -0.05) is 65.5 Å². The lowest BCUT2D eigenvalue weighted by molar-refractivity contribution is 0.408. The third-order valence-electron chi connectivity index (χ3n) is 2.96. The number of rotatable bonds is 2. The van der Waals surface area contributed by atoms with Crippen molar-refractivity contribution >= 4 is 12.6 Å². The lowest BCUT2D eigenvalue weighted by atomic mass is 9.75. The molecule has 0 fully saturated rings. The standard InChI is InChI=1S/C16H24S/c1-12(17)13(11-15(2,3)4)14-9-7-8-10-16(14,5)6/h7-10,17H,1,11H2,2-6H3/b14-13-. The molecule has 1 heteroatoms. The van der Waals surface area contributed by atoms with Crippen LogP contribution in [0.25, 0.3) is 0 Å². The lowest BCUT2D eigenvalue weighted by Crippen LogP contribution is -2.17. The minimum absolute atomic E-state index is 0.0704. The highest BCUT2D eigenvalue weighted by atomic mass is 32.1. The number of thiol groups is 1. The van der Waals surface area contributed by atoms with Crippen LogP contribution in [-0.2, 0) is 0 Å². The molecule has 0 unspecified atom stereocenters. The van der Waals surface area contributed by atoms with Gasteiger partial charge < -0.3 is 0 Å². The zero-order valence-corrected chi connectivity index (χ0v) is 12.6. The van der Waals surface area contributed by atoms with Crippen LogP contribution in [0.4, 0.5) is 0 Å². The highest BCUT2D eigenvalue weighted by molar-refractivity contribution is 7.84. The third kappa shape index (κ3) is 3.92. The third-order valence-corrected chi connectivity index (χ3v) is 3.23. The normalized spacial score (nSPS) is 21.5. The van der Waals surface area contributed by atoms with Crippen LogP contribution >= 0.6 is 12.6 Å². The van der Waals surface area contributed by atoms with Crippen LogP contribution in [0.15, 0.2) is 46.9 Å². The second-order valence-corrected chi connectivity index (χ2v) is 7.06. The molecule has 0 aromatic heterocycles. The van der Waals surface area contributed by atoms with Gasteiger partial charge in [0.25, 0.3) is 0 Å². The maximum Gasteiger partial charge on any atom is 0.00815 e. The molecule has 0 saturated heterocycles. The average molecular weight is 248 g/mol. The topological polar surface area (TPSA) is 0 Å². The molecule has 0 aromatic rings. The first-order valence-electron chi connectivity index (χ1n) is 6.11. The van der Waals surface area contributed by atoms with Crippen molar-refractivity contribution < 1.29 is 0 Å². The van der Waals surface area contributed by atoms with Crippen LogP contribution in [-0.4, -0.2) is 0 Å². The molecule has 0 N–H and O–H groups in total. The number of hydrogen-bond donors (Lipinski definition) is 1. The largest absolute Gasteiger partial charge is 0.144 e. The Kier molecular flexibility index (Phi) is 4.14. The van der Waals surface area contributed by atoms with Crippen LogP contribution in [0, 0.1) is 10.8 Å². The highest BCUT2D eigenvalue weighted by Gasteiger charge is 2.26. The predicted molar refractivity (Wildman–Crippen MR) is 81.3 cm³/mol. The van der Waals surface area contributed by atoms with Crippen molar-refractivity contribution in [2.75, 3.05) is 0 Å². The molecular formula is C16H24S. The van der Waals surface area contributed by atoms with E-state index in [-0.39, 0.29) is 10.8 Å². The molecule has 0 saturated carbocycles. The molecule has 0 spiro atoms. The molecule has 1 aliphatic rings. The van der Waals surface area contributed by atoms with Crippen molar-refractivity contribution in [1.29, 1.82) is 0 Å². The minimum Gasteiger partial charge on any atom is -0.144 e. The van der Waals surface area contributed by atoms with E-state index < -0.39 is 0 Å². The molecule has 0 aliphatic heterocycles. The monoisotopic (exact) mass is 248 g/mol. The SMILES string of the molecule is C=C(S)/C(CC(C)(C)C)=C1/C=CC=CC1(C)C. The lowest BCUT2D eigenvalue weighted by Gasteiger charge is -2.31. The summed E-state index contributed by atoms with van der Waals surface area (Å²) in [5.41, 5.74) is 2.95. The van der Waals surface area contributed by atoms with E-state index in [0.29, 0.717) is 0 Å². The first-order valence-corrected chi connectivity index (χ1v) is 6.56. The van der Waals surface area contributed by atoms with Gasteiger partial charge in [-0.15, -0.1) is 12.6 Å². The van der Waals surface area contributed by atoms with Gasteiger partial charge >= 0.3 is 0 Å². The molecule has 1 rings (SSSR count). The first-order chi connectivity index (χ1) is 7.63. The molecule has 0 atom stereocenters. The summed E-state index contributed by atoms with van der Waals surface area (Å²) in [6.07, 6.45) is 9.65. The number of hydrogen-bond acceptors (Lipinski definition) is 1. The molecule has 0 nitrogen and oxygen atoms in total. The number of allylic oxidation sites excluding steroid dienone is 6. The minimum atomic E-state index is 0.0704. The van der Waals surface area contributed by atoms with Gasteiger partial charge in [-0.25, -0.2) is 0 Å². The van der Waals surface area contributed by atoms with Gasteiger partial charge in [0.15, 0.2) is 0 Å². The Bertz CT molecular complexity index is 398. The molecule has 0 heterocycles. The highest BCUT2D eigenvalue weighted by Crippen LogP contribution is 2.40. The van der Waals surface area contributed by atoms with Crippen molar-refractivity contribution in [3.05, 3.63) is 46.9 Å². The van der Waals surface area contributed by atoms with E-state index in [1.165, 1.54) is 11.1 Å². The molecule has 0 amide bonds. The maximum absolute atomic E-state index is 4.48. The summed E-state index contributed by atoms with van der Waals surface area (Å²) in [7, 11) is 0. The summed E-state index contributed by atoms with van der Waals surface area (Å²) in [4.78, 5) is 0.892. The Balaban J connectivity index is 3.25. The van der Waals surface area contributed by atoms with E-state index in [0.717, 1.165) is 11.3 Å². The average Bonchev–Trinajstić information content (AvgIpc) is 2.12. The van der Waals surface area contributed by atoms with Crippen molar-refractivity contribution in [3.8, 4) is 0 Å². The second-order valence-electron chi connectivity index (χ2n) is 6.52. The molecule has 94 valence electrons. The molecular weight excluding hydrogens is 224 g/mol. The summed E-state index contributed by atoms with van der Waals surface area (Å²) in [6.45, 7) is 15.3. The Labute approximate surface area is 112 Å². The van der Waals surface area contributed by atoms with Gasteiger partial charge in [0.05, 0.1) is 0 Å². The summed E-state index contributed by atoms with van der Waals surface area (Å²) in [5.74, 6) is 0. The van der Waals surface area contributed by atoms with E-state index in [2.05, 4.69) is 78.1 Å². The van der Waals surface area contributed by atoms with Crippen molar-refractivity contribution in [2.45, 2.75) is 41.0 Å². The van der Waals surface area contributed by atoms with Crippen LogP contribution in [0.1, 0.15) is 41.0 Å². The smallest absolute Gasteiger partial charge is 0.00815 e. The van der Waals surface area contributed by atoms with Crippen molar-refractivity contribution in [1.82, 2.24) is 0 Å². The van der Waals surface area contributed by atoms with Crippen LogP contribution in [0.2, 0.25) is 0 Å². The van der Waals surface area contributed by atoms with E-state index in [9.17, 15) is 0 Å². The van der Waals surface area contributed by atoms with E-state index >= 15 is 0 Å². The summed E-state index contributed by atoms with van der Waals surface area (Å²) >= 11 is 4.48. The van der Waals surface area contributed by atoms with Crippen LogP contribution in [0.3, 0.4) is 0 Å². The zero-order valence-electron chi connectivity index (χ0n) is 11.7. The molecule has 0 aromatic carbocycles. The fraction of sp³-hybridized carbons (Fsp3) is 0.500. The Morgan fingerprint density at radius 2 is 1.88 bits per heavy atom. The van der Waals surface area contributed by atoms with Crippen LogP contribution < -0.4 is 0 Å². The Morgan fingerprint density at radius 3 is 2.29 bits per heavy atom. The van der Waals surface area contributed by atoms with Gasteiger partial charge in [0, 0.05) is 10.3 Å². The van der Waals surface area contributed by atoms with Gasteiger partial charge in [-0.05, 0) is 23.0 Å². The quantitative estimate of drug-likeness (QED) is 0.629. The predicted octanol–water partition coefficient (Wildman–Crippen LogP) is 5.31. The van der Waals surface area contributed by atoms with Crippen molar-refractivity contribution in [2.24, 2.45) is 10.8 Å². The fourth-order valence-corrected chi connectivity index (χ4v) is 2.32. The van der Waals surface area contributed by atoms with Crippen LogP contribution in [0.5, 0.6) is 0 Å². The molecule has 17 heavy (non-hydrogen) atoms. The van der Waals surface area contributed by atoms with E-state index in [1.54, 1.807) is 0 Å². The van der Waals surface area contributed by atoms with Gasteiger partial charge in [-0.2, -0.15) is 0 Å². The molecule has 0 radical (unpaired) electrons. The van der Waals surface area contributed by atoms with E-state index in [1.807, 2.05) is 0 Å². The fourth-order valence-electron chi connectivity index (χ4n) is 2.12. The van der Waals surface area contributed by atoms with Gasteiger partial charge in [0.2, 0.25) is 0 Å². The Morgan fingerprint density at radius 1 is 1.29 bits per heavy atom.